The van der Waals surface area contributed by atoms with E-state index in [0.29, 0.717) is 41.2 Å². The summed E-state index contributed by atoms with van der Waals surface area (Å²) in [6, 6.07) is 3.60. The van der Waals surface area contributed by atoms with Gasteiger partial charge in [-0.1, -0.05) is 23.2 Å². The average molecular weight is 621 g/mol. The van der Waals surface area contributed by atoms with Gasteiger partial charge in [0.1, 0.15) is 17.7 Å². The van der Waals surface area contributed by atoms with Crippen molar-refractivity contribution in [2.24, 2.45) is 0 Å². The molecule has 1 aliphatic heterocycles. The summed E-state index contributed by atoms with van der Waals surface area (Å²) in [6.45, 7) is 11.7. The van der Waals surface area contributed by atoms with E-state index in [-0.39, 0.29) is 11.6 Å². The van der Waals surface area contributed by atoms with E-state index in [9.17, 15) is 14.9 Å². The van der Waals surface area contributed by atoms with Crippen molar-refractivity contribution in [3.05, 3.63) is 25.4 Å². The highest BCUT2D eigenvalue weighted by Gasteiger charge is 2.33. The number of anilines is 1. The Balaban J connectivity index is 2.15. The molecule has 1 aromatic carbocycles. The van der Waals surface area contributed by atoms with Gasteiger partial charge in [-0.25, -0.2) is 9.59 Å². The summed E-state index contributed by atoms with van der Waals surface area (Å²) in [5.41, 5.74) is 0.568. The molecule has 1 aromatic heterocycles. The standard InChI is InChI=1S/C23H27Cl2IN4O4/c1-22(2,3)33-20(31)28-9-10-29-15(12-28)18(26)16-14(11-13(24)17(25)19(16)29)30(8-7-27)21(32)34-23(4,5)6/h11H,8-10,12H2,1-6H3. The van der Waals surface area contributed by atoms with Crippen LogP contribution in [-0.4, -0.2) is 45.9 Å². The zero-order chi connectivity index (χ0) is 25.6. The molecule has 184 valence electrons. The highest BCUT2D eigenvalue weighted by Crippen LogP contribution is 2.44. The number of benzene rings is 1. The first-order valence-corrected chi connectivity index (χ1v) is 12.5. The minimum Gasteiger partial charge on any atom is -0.444 e. The molecule has 11 heteroatoms. The number of hydrogen-bond donors (Lipinski definition) is 0. The molecule has 0 saturated heterocycles. The second-order valence-electron chi connectivity index (χ2n) is 9.95. The van der Waals surface area contributed by atoms with Gasteiger partial charge >= 0.3 is 12.2 Å². The second-order valence-corrected chi connectivity index (χ2v) is 11.8. The van der Waals surface area contributed by atoms with E-state index in [2.05, 4.69) is 22.6 Å². The van der Waals surface area contributed by atoms with Gasteiger partial charge in [-0.15, -0.1) is 0 Å². The van der Waals surface area contributed by atoms with Crippen LogP contribution in [0.25, 0.3) is 10.9 Å². The predicted octanol–water partition coefficient (Wildman–Crippen LogP) is 6.57. The van der Waals surface area contributed by atoms with Crippen molar-refractivity contribution in [1.29, 1.82) is 5.26 Å². The molecule has 3 rings (SSSR count). The van der Waals surface area contributed by atoms with Crippen molar-refractivity contribution in [3.63, 3.8) is 0 Å². The Kier molecular flexibility index (Phi) is 7.56. The van der Waals surface area contributed by atoms with Crippen LogP contribution in [0.3, 0.4) is 0 Å². The molecule has 2 heterocycles. The first-order valence-electron chi connectivity index (χ1n) is 10.7. The molecule has 0 radical (unpaired) electrons. The Labute approximate surface area is 222 Å². The molecule has 0 fully saturated rings. The molecule has 0 aliphatic carbocycles. The molecule has 0 saturated carbocycles. The number of carbonyl (C=O) groups excluding carboxylic acids is 2. The van der Waals surface area contributed by atoms with E-state index in [0.717, 1.165) is 9.26 Å². The van der Waals surface area contributed by atoms with Gasteiger partial charge in [0.25, 0.3) is 0 Å². The minimum absolute atomic E-state index is 0.234. The summed E-state index contributed by atoms with van der Waals surface area (Å²) in [7, 11) is 0. The van der Waals surface area contributed by atoms with Crippen molar-refractivity contribution < 1.29 is 19.1 Å². The van der Waals surface area contributed by atoms with Crippen LogP contribution in [0.5, 0.6) is 0 Å². The van der Waals surface area contributed by atoms with Crippen LogP contribution in [0, 0.1) is 14.9 Å². The Morgan fingerprint density at radius 3 is 2.32 bits per heavy atom. The first kappa shape index (κ1) is 26.7. The monoisotopic (exact) mass is 620 g/mol. The number of nitrogens with zero attached hydrogens (tertiary/aromatic N) is 4. The van der Waals surface area contributed by atoms with Gasteiger partial charge in [-0.3, -0.25) is 4.90 Å². The zero-order valence-corrected chi connectivity index (χ0v) is 23.6. The van der Waals surface area contributed by atoms with E-state index < -0.39 is 23.4 Å². The number of fused-ring (bicyclic) bond motifs is 3. The SMILES string of the molecule is CC(C)(C)OC(=O)N1CCn2c(c(I)c3c(N(CC#N)C(=O)OC(C)(C)C)cc(Cl)c(Cl)c32)C1. The van der Waals surface area contributed by atoms with Crippen LogP contribution in [-0.2, 0) is 22.6 Å². The number of halogens is 3. The van der Waals surface area contributed by atoms with Gasteiger partial charge in [0, 0.05) is 22.0 Å². The van der Waals surface area contributed by atoms with Crippen molar-refractivity contribution in [3.8, 4) is 6.07 Å². The predicted molar refractivity (Wildman–Crippen MR) is 141 cm³/mol. The van der Waals surface area contributed by atoms with Crippen LogP contribution < -0.4 is 4.90 Å². The van der Waals surface area contributed by atoms with Crippen LogP contribution in [0.2, 0.25) is 10.0 Å². The number of ether oxygens (including phenoxy) is 2. The molecule has 2 amide bonds. The van der Waals surface area contributed by atoms with Gasteiger partial charge in [0.15, 0.2) is 0 Å². The molecular weight excluding hydrogens is 594 g/mol. The van der Waals surface area contributed by atoms with Gasteiger partial charge in [-0.05, 0) is 70.2 Å². The molecule has 0 unspecified atom stereocenters. The van der Waals surface area contributed by atoms with E-state index in [4.69, 9.17) is 32.7 Å². The third-order valence-electron chi connectivity index (χ3n) is 4.96. The maximum absolute atomic E-state index is 13.0. The lowest BCUT2D eigenvalue weighted by Crippen LogP contribution is -2.41. The lowest BCUT2D eigenvalue weighted by atomic mass is 10.2. The third kappa shape index (κ3) is 5.50. The summed E-state index contributed by atoms with van der Waals surface area (Å²) < 4.78 is 13.9. The molecular formula is C23H27Cl2IN4O4. The lowest BCUT2D eigenvalue weighted by molar-refractivity contribution is 0.0199. The zero-order valence-electron chi connectivity index (χ0n) is 20.0. The third-order valence-corrected chi connectivity index (χ3v) is 6.90. The maximum Gasteiger partial charge on any atom is 0.415 e. The molecule has 2 aromatic rings. The highest BCUT2D eigenvalue weighted by molar-refractivity contribution is 14.1. The van der Waals surface area contributed by atoms with Gasteiger partial charge < -0.3 is 18.9 Å². The van der Waals surface area contributed by atoms with Crippen LogP contribution in [0.4, 0.5) is 15.3 Å². The molecule has 0 N–H and O–H groups in total. The summed E-state index contributed by atoms with van der Waals surface area (Å²) in [5.74, 6) is 0. The molecule has 0 atom stereocenters. The quantitative estimate of drug-likeness (QED) is 0.280. The number of rotatable bonds is 2. The Bertz CT molecular complexity index is 1190. The number of carbonyl (C=O) groups is 2. The van der Waals surface area contributed by atoms with Crippen molar-refractivity contribution in [1.82, 2.24) is 9.47 Å². The lowest BCUT2D eigenvalue weighted by Gasteiger charge is -2.31. The number of hydrogen-bond acceptors (Lipinski definition) is 5. The average Bonchev–Trinajstić information content (AvgIpc) is 2.99. The highest BCUT2D eigenvalue weighted by atomic mass is 127. The van der Waals surface area contributed by atoms with E-state index in [1.54, 1.807) is 31.7 Å². The van der Waals surface area contributed by atoms with E-state index >= 15 is 0 Å². The van der Waals surface area contributed by atoms with Crippen molar-refractivity contribution in [2.75, 3.05) is 18.0 Å². The summed E-state index contributed by atoms with van der Waals surface area (Å²) in [6.07, 6.45) is -1.06. The molecule has 8 nitrogen and oxygen atoms in total. The summed E-state index contributed by atoms with van der Waals surface area (Å²) in [5, 5.41) is 10.7. The number of nitriles is 1. The van der Waals surface area contributed by atoms with Crippen LogP contribution in [0.1, 0.15) is 47.2 Å². The van der Waals surface area contributed by atoms with Crippen LogP contribution >= 0.6 is 45.8 Å². The Morgan fingerprint density at radius 1 is 1.15 bits per heavy atom. The minimum atomic E-state index is -0.749. The van der Waals surface area contributed by atoms with Gasteiger partial charge in [-0.2, -0.15) is 5.26 Å². The molecule has 0 spiro atoms. The fourth-order valence-electron chi connectivity index (χ4n) is 3.68. The first-order chi connectivity index (χ1) is 15.6. The smallest absolute Gasteiger partial charge is 0.415 e. The molecule has 34 heavy (non-hydrogen) atoms. The Morgan fingerprint density at radius 2 is 1.76 bits per heavy atom. The fourth-order valence-corrected chi connectivity index (χ4v) is 5.12. The van der Waals surface area contributed by atoms with Crippen LogP contribution in [0.15, 0.2) is 6.07 Å². The van der Waals surface area contributed by atoms with Crippen molar-refractivity contribution in [2.45, 2.75) is 65.8 Å². The topological polar surface area (TPSA) is 87.8 Å². The summed E-state index contributed by atoms with van der Waals surface area (Å²) >= 11 is 15.3. The number of aromatic nitrogens is 1. The fraction of sp³-hybridized carbons (Fsp3) is 0.522. The molecule has 0 bridgehead atoms. The van der Waals surface area contributed by atoms with Gasteiger partial charge in [0.2, 0.25) is 0 Å². The van der Waals surface area contributed by atoms with Gasteiger partial charge in [0.05, 0.1) is 39.6 Å². The Hall–Kier alpha value is -1.90. The number of amides is 2. The largest absolute Gasteiger partial charge is 0.444 e. The normalized spacial score (nSPS) is 13.9. The van der Waals surface area contributed by atoms with E-state index in [1.165, 1.54) is 4.90 Å². The molecule has 1 aliphatic rings. The van der Waals surface area contributed by atoms with E-state index in [1.807, 2.05) is 31.4 Å². The summed E-state index contributed by atoms with van der Waals surface area (Å²) in [4.78, 5) is 28.6. The maximum atomic E-state index is 13.0. The second kappa shape index (κ2) is 9.63. The van der Waals surface area contributed by atoms with Crippen molar-refractivity contribution >= 4 is 74.6 Å².